The zero-order chi connectivity index (χ0) is 15.7. The van der Waals surface area contributed by atoms with Crippen molar-refractivity contribution >= 4 is 17.2 Å². The molecule has 0 unspecified atom stereocenters. The van der Waals surface area contributed by atoms with Gasteiger partial charge in [0.1, 0.15) is 11.5 Å². The highest BCUT2D eigenvalue weighted by atomic mass is 19.1. The fraction of sp³-hybridized carbons (Fsp3) is 0.188. The number of rotatable bonds is 3. The molecule has 0 aliphatic rings. The highest BCUT2D eigenvalue weighted by molar-refractivity contribution is 6.03. The number of hydrogen-bond donors (Lipinski definition) is 1. The predicted molar refractivity (Wildman–Crippen MR) is 81.5 cm³/mol. The number of nitrogens with one attached hydrogen (secondary N) is 1. The number of carbonyl (C=O) groups excluding carboxylic acids is 1. The monoisotopic (exact) mass is 298 g/mol. The van der Waals surface area contributed by atoms with E-state index in [9.17, 15) is 9.18 Å². The second kappa shape index (κ2) is 5.55. The first-order chi connectivity index (χ1) is 10.6. The minimum Gasteiger partial charge on any atom is -0.318 e. The van der Waals surface area contributed by atoms with Crippen LogP contribution in [0.2, 0.25) is 0 Å². The molecular weight excluding hydrogens is 283 g/mol. The van der Waals surface area contributed by atoms with Gasteiger partial charge in [0.05, 0.1) is 11.9 Å². The maximum Gasteiger partial charge on any atom is 0.274 e. The predicted octanol–water partition coefficient (Wildman–Crippen LogP) is 2.99. The zero-order valence-corrected chi connectivity index (χ0v) is 12.3. The van der Waals surface area contributed by atoms with Gasteiger partial charge in [0.15, 0.2) is 5.65 Å². The number of hydrogen-bond acceptors (Lipinski definition) is 3. The first kappa shape index (κ1) is 14.2. The molecule has 1 amide bonds. The molecule has 0 radical (unpaired) electrons. The number of carbonyl (C=O) groups is 1. The Morgan fingerprint density at radius 2 is 2.14 bits per heavy atom. The summed E-state index contributed by atoms with van der Waals surface area (Å²) >= 11 is 0. The third-order valence-electron chi connectivity index (χ3n) is 3.40. The van der Waals surface area contributed by atoms with Gasteiger partial charge < -0.3 is 5.32 Å². The van der Waals surface area contributed by atoms with Crippen molar-refractivity contribution in [3.8, 4) is 0 Å². The summed E-state index contributed by atoms with van der Waals surface area (Å²) in [4.78, 5) is 16.6. The van der Waals surface area contributed by atoms with E-state index in [1.807, 2.05) is 13.8 Å². The third-order valence-corrected chi connectivity index (χ3v) is 3.40. The largest absolute Gasteiger partial charge is 0.318 e. The highest BCUT2D eigenvalue weighted by Crippen LogP contribution is 2.17. The number of halogens is 1. The second-order valence-corrected chi connectivity index (χ2v) is 5.02. The summed E-state index contributed by atoms with van der Waals surface area (Å²) in [5, 5.41) is 6.73. The summed E-state index contributed by atoms with van der Waals surface area (Å²) in [5.41, 5.74) is 2.72. The molecule has 22 heavy (non-hydrogen) atoms. The molecule has 0 saturated heterocycles. The summed E-state index contributed by atoms with van der Waals surface area (Å²) in [6.45, 7) is 3.80. The van der Waals surface area contributed by atoms with Gasteiger partial charge in [0.25, 0.3) is 5.91 Å². The lowest BCUT2D eigenvalue weighted by Gasteiger charge is -2.09. The first-order valence-electron chi connectivity index (χ1n) is 6.99. The summed E-state index contributed by atoms with van der Waals surface area (Å²) in [6.07, 6.45) is 2.34. The molecule has 2 heterocycles. The number of fused-ring (bicyclic) bond motifs is 1. The average Bonchev–Trinajstić information content (AvgIpc) is 2.98. The molecule has 2 aromatic heterocycles. The van der Waals surface area contributed by atoms with Crippen LogP contribution in [-0.4, -0.2) is 20.5 Å². The van der Waals surface area contributed by atoms with Crippen LogP contribution < -0.4 is 5.32 Å². The molecule has 0 atom stereocenters. The molecule has 6 heteroatoms. The van der Waals surface area contributed by atoms with Crippen molar-refractivity contribution in [2.24, 2.45) is 0 Å². The van der Waals surface area contributed by atoms with Crippen LogP contribution in [0.1, 0.15) is 28.7 Å². The Balaban J connectivity index is 1.96. The van der Waals surface area contributed by atoms with Gasteiger partial charge in [-0.2, -0.15) is 5.10 Å². The molecule has 5 nitrogen and oxygen atoms in total. The van der Waals surface area contributed by atoms with Crippen LogP contribution in [0.5, 0.6) is 0 Å². The third kappa shape index (κ3) is 2.55. The number of nitrogens with zero attached hydrogens (tertiary/aromatic N) is 3. The highest BCUT2D eigenvalue weighted by Gasteiger charge is 2.14. The van der Waals surface area contributed by atoms with Crippen LogP contribution in [0, 0.1) is 12.7 Å². The second-order valence-electron chi connectivity index (χ2n) is 5.02. The van der Waals surface area contributed by atoms with Gasteiger partial charge in [0.2, 0.25) is 0 Å². The summed E-state index contributed by atoms with van der Waals surface area (Å²) < 4.78 is 15.4. The lowest BCUT2D eigenvalue weighted by molar-refractivity contribution is 0.102. The summed E-state index contributed by atoms with van der Waals surface area (Å²) in [6, 6.07) is 7.96. The van der Waals surface area contributed by atoms with Gasteiger partial charge in [0, 0.05) is 11.8 Å². The average molecular weight is 298 g/mol. The number of aryl methyl sites for hydroxylation is 2. The molecule has 1 N–H and O–H groups in total. The van der Waals surface area contributed by atoms with Crippen LogP contribution >= 0.6 is 0 Å². The number of aromatic nitrogens is 3. The van der Waals surface area contributed by atoms with Gasteiger partial charge in [-0.15, -0.1) is 0 Å². The molecule has 0 aliphatic heterocycles. The Labute approximate surface area is 126 Å². The van der Waals surface area contributed by atoms with Crippen molar-refractivity contribution in [1.29, 1.82) is 0 Å². The quantitative estimate of drug-likeness (QED) is 0.808. The standard InChI is InChI=1S/C16H15FN4O/c1-3-11-9-14(19-15-6-7-18-21(11)15)16(22)20-13-8-10(2)4-5-12(13)17/h4-9H,3H2,1-2H3,(H,20,22). The van der Waals surface area contributed by atoms with Crippen molar-refractivity contribution in [3.63, 3.8) is 0 Å². The smallest absolute Gasteiger partial charge is 0.274 e. The van der Waals surface area contributed by atoms with Gasteiger partial charge in [-0.05, 0) is 37.1 Å². The van der Waals surface area contributed by atoms with E-state index in [-0.39, 0.29) is 11.4 Å². The van der Waals surface area contributed by atoms with E-state index in [0.717, 1.165) is 11.3 Å². The Bertz CT molecular complexity index is 856. The van der Waals surface area contributed by atoms with E-state index in [0.29, 0.717) is 12.1 Å². The SMILES string of the molecule is CCc1cc(C(=O)Nc2cc(C)ccc2F)nc2ccnn12. The topological polar surface area (TPSA) is 59.3 Å². The molecule has 112 valence electrons. The van der Waals surface area contributed by atoms with Crippen LogP contribution in [0.15, 0.2) is 36.5 Å². The normalized spacial score (nSPS) is 10.9. The number of benzene rings is 1. The van der Waals surface area contributed by atoms with Crippen LogP contribution in [0.25, 0.3) is 5.65 Å². The Morgan fingerprint density at radius 1 is 1.32 bits per heavy atom. The molecule has 0 saturated carbocycles. The van der Waals surface area contributed by atoms with Crippen molar-refractivity contribution < 1.29 is 9.18 Å². The Morgan fingerprint density at radius 3 is 2.91 bits per heavy atom. The van der Waals surface area contributed by atoms with Gasteiger partial charge >= 0.3 is 0 Å². The summed E-state index contributed by atoms with van der Waals surface area (Å²) in [5.74, 6) is -0.914. The van der Waals surface area contributed by atoms with E-state index < -0.39 is 11.7 Å². The van der Waals surface area contributed by atoms with Crippen LogP contribution in [-0.2, 0) is 6.42 Å². The molecule has 0 bridgehead atoms. The van der Waals surface area contributed by atoms with E-state index in [1.165, 1.54) is 6.07 Å². The fourth-order valence-electron chi connectivity index (χ4n) is 2.27. The number of anilines is 1. The molecule has 0 aliphatic carbocycles. The Kier molecular flexibility index (Phi) is 3.58. The molecule has 3 rings (SSSR count). The van der Waals surface area contributed by atoms with Gasteiger partial charge in [-0.3, -0.25) is 4.79 Å². The maximum absolute atomic E-state index is 13.7. The zero-order valence-electron chi connectivity index (χ0n) is 12.3. The van der Waals surface area contributed by atoms with Crippen LogP contribution in [0.3, 0.4) is 0 Å². The first-order valence-corrected chi connectivity index (χ1v) is 6.99. The van der Waals surface area contributed by atoms with Crippen molar-refractivity contribution in [3.05, 3.63) is 59.3 Å². The van der Waals surface area contributed by atoms with E-state index >= 15 is 0 Å². The molecule has 0 spiro atoms. The van der Waals surface area contributed by atoms with Crippen molar-refractivity contribution in [2.75, 3.05) is 5.32 Å². The minimum atomic E-state index is -0.472. The molecular formula is C16H15FN4O. The summed E-state index contributed by atoms with van der Waals surface area (Å²) in [7, 11) is 0. The fourth-order valence-corrected chi connectivity index (χ4v) is 2.27. The van der Waals surface area contributed by atoms with E-state index in [1.54, 1.807) is 35.0 Å². The van der Waals surface area contributed by atoms with Crippen molar-refractivity contribution in [2.45, 2.75) is 20.3 Å². The molecule has 1 aromatic carbocycles. The van der Waals surface area contributed by atoms with E-state index in [2.05, 4.69) is 15.4 Å². The van der Waals surface area contributed by atoms with Crippen molar-refractivity contribution in [1.82, 2.24) is 14.6 Å². The Hall–Kier alpha value is -2.76. The minimum absolute atomic E-state index is 0.151. The van der Waals surface area contributed by atoms with Gasteiger partial charge in [-0.25, -0.2) is 13.9 Å². The maximum atomic E-state index is 13.7. The lowest BCUT2D eigenvalue weighted by Crippen LogP contribution is -2.16. The van der Waals surface area contributed by atoms with Crippen LogP contribution in [0.4, 0.5) is 10.1 Å². The lowest BCUT2D eigenvalue weighted by atomic mass is 10.2. The molecule has 0 fully saturated rings. The van der Waals surface area contributed by atoms with Gasteiger partial charge in [-0.1, -0.05) is 13.0 Å². The molecule has 3 aromatic rings. The van der Waals surface area contributed by atoms with E-state index in [4.69, 9.17) is 0 Å². The number of amides is 1.